The third kappa shape index (κ3) is 4.17. The summed E-state index contributed by atoms with van der Waals surface area (Å²) in [4.78, 5) is 42.7. The Balaban J connectivity index is 2.11. The molecule has 0 saturated heterocycles. The van der Waals surface area contributed by atoms with Crippen molar-refractivity contribution in [2.45, 2.75) is 12.8 Å². The summed E-state index contributed by atoms with van der Waals surface area (Å²) in [5.41, 5.74) is -0.138. The molecule has 30 heavy (non-hydrogen) atoms. The number of nitro benzene ring substituents is 1. The van der Waals surface area contributed by atoms with Crippen molar-refractivity contribution in [3.8, 4) is 5.75 Å². The van der Waals surface area contributed by atoms with Gasteiger partial charge in [-0.3, -0.25) is 24.9 Å². The minimum atomic E-state index is -1.38. The number of carboxylic acids is 2. The van der Waals surface area contributed by atoms with Gasteiger partial charge in [0.15, 0.2) is 0 Å². The molecule has 2 atom stereocenters. The van der Waals surface area contributed by atoms with Crippen molar-refractivity contribution in [3.05, 3.63) is 75.7 Å². The summed E-state index contributed by atoms with van der Waals surface area (Å²) in [6, 6.07) is 8.56. The third-order valence-electron chi connectivity index (χ3n) is 4.66. The quantitative estimate of drug-likeness (QED) is 0.521. The van der Waals surface area contributed by atoms with E-state index < -0.39 is 28.7 Å². The number of hydrogen-bond acceptors (Lipinski definition) is 7. The number of aliphatic carboxylic acids is 2. The molecule has 2 N–H and O–H groups in total. The van der Waals surface area contributed by atoms with Crippen molar-refractivity contribution in [2.24, 2.45) is 10.9 Å². The van der Waals surface area contributed by atoms with Gasteiger partial charge in [-0.1, -0.05) is 12.1 Å². The van der Waals surface area contributed by atoms with Gasteiger partial charge in [-0.25, -0.2) is 4.79 Å². The third-order valence-corrected chi connectivity index (χ3v) is 4.66. The lowest BCUT2D eigenvalue weighted by atomic mass is 9.75. The van der Waals surface area contributed by atoms with E-state index in [0.29, 0.717) is 5.75 Å². The number of nitrogens with zero attached hydrogens (tertiary/aromatic N) is 3. The Morgan fingerprint density at radius 1 is 1.23 bits per heavy atom. The summed E-state index contributed by atoms with van der Waals surface area (Å²) < 4.78 is 5.57. The fourth-order valence-electron chi connectivity index (χ4n) is 3.39. The Bertz CT molecular complexity index is 1060. The minimum absolute atomic E-state index is 0.0397. The molecule has 0 saturated carbocycles. The summed E-state index contributed by atoms with van der Waals surface area (Å²) in [5, 5.41) is 30.8. The lowest BCUT2D eigenvalue weighted by Crippen LogP contribution is -2.36. The van der Waals surface area contributed by atoms with Gasteiger partial charge in [0.05, 0.1) is 22.4 Å². The van der Waals surface area contributed by atoms with Crippen molar-refractivity contribution in [3.63, 3.8) is 0 Å². The Morgan fingerprint density at radius 2 is 2.00 bits per heavy atom. The maximum Gasteiger partial charge on any atom is 0.334 e. The molecule has 2 heterocycles. The van der Waals surface area contributed by atoms with E-state index in [1.165, 1.54) is 37.4 Å². The smallest absolute Gasteiger partial charge is 0.334 e. The van der Waals surface area contributed by atoms with Gasteiger partial charge >= 0.3 is 11.9 Å². The van der Waals surface area contributed by atoms with E-state index in [-0.39, 0.29) is 34.8 Å². The van der Waals surface area contributed by atoms with Crippen LogP contribution in [0.3, 0.4) is 0 Å². The van der Waals surface area contributed by atoms with E-state index in [9.17, 15) is 29.9 Å². The first-order valence-electron chi connectivity index (χ1n) is 8.81. The minimum Gasteiger partial charge on any atom is -0.486 e. The van der Waals surface area contributed by atoms with Gasteiger partial charge in [-0.15, -0.1) is 0 Å². The van der Waals surface area contributed by atoms with Gasteiger partial charge < -0.3 is 14.9 Å². The molecule has 0 amide bonds. The monoisotopic (exact) mass is 411 g/mol. The van der Waals surface area contributed by atoms with Crippen LogP contribution in [0, 0.1) is 16.0 Å². The van der Waals surface area contributed by atoms with Gasteiger partial charge in [-0.05, 0) is 24.6 Å². The zero-order valence-electron chi connectivity index (χ0n) is 15.8. The van der Waals surface area contributed by atoms with E-state index in [1.54, 1.807) is 18.3 Å². The zero-order chi connectivity index (χ0) is 21.8. The second-order valence-electron chi connectivity index (χ2n) is 6.54. The van der Waals surface area contributed by atoms with Crippen molar-refractivity contribution < 1.29 is 29.5 Å². The maximum absolute atomic E-state index is 12.1. The number of hydrogen-bond donors (Lipinski definition) is 2. The normalized spacial score (nSPS) is 18.5. The summed E-state index contributed by atoms with van der Waals surface area (Å²) in [6.45, 7) is 1.24. The molecule has 10 nitrogen and oxygen atoms in total. The molecule has 1 aliphatic heterocycles. The molecule has 10 heteroatoms. The summed E-state index contributed by atoms with van der Waals surface area (Å²) in [6.07, 6.45) is 2.99. The number of benzene rings is 1. The first kappa shape index (κ1) is 20.6. The van der Waals surface area contributed by atoms with Crippen LogP contribution in [0.2, 0.25) is 0 Å². The molecular weight excluding hydrogens is 394 g/mol. The maximum atomic E-state index is 12.1. The highest BCUT2D eigenvalue weighted by molar-refractivity contribution is 6.06. The highest BCUT2D eigenvalue weighted by Crippen LogP contribution is 2.40. The largest absolute Gasteiger partial charge is 0.486 e. The zero-order valence-corrected chi connectivity index (χ0v) is 15.8. The fraction of sp³-hybridized carbons (Fsp3) is 0.200. The number of rotatable bonds is 7. The van der Waals surface area contributed by atoms with Crippen LogP contribution < -0.4 is 4.74 Å². The Kier molecular flexibility index (Phi) is 5.86. The van der Waals surface area contributed by atoms with Gasteiger partial charge in [0.2, 0.25) is 0 Å². The SMILES string of the molecule is CC1=NC(COc2cccnc2)=C(C(=O)O)C(c2cccc([N+](=O)[O-])c2)C1C(=O)O. The van der Waals surface area contributed by atoms with Crippen LogP contribution in [0.1, 0.15) is 18.4 Å². The lowest BCUT2D eigenvalue weighted by molar-refractivity contribution is -0.384. The van der Waals surface area contributed by atoms with Crippen LogP contribution in [-0.4, -0.2) is 44.4 Å². The first-order valence-corrected chi connectivity index (χ1v) is 8.81. The Hall–Kier alpha value is -4.08. The van der Waals surface area contributed by atoms with Crippen LogP contribution in [0.25, 0.3) is 0 Å². The van der Waals surface area contributed by atoms with Gasteiger partial charge in [0, 0.05) is 30.0 Å². The molecule has 1 aromatic heterocycles. The van der Waals surface area contributed by atoms with Crippen LogP contribution in [0.4, 0.5) is 5.69 Å². The molecule has 1 aromatic carbocycles. The molecule has 0 fully saturated rings. The average molecular weight is 411 g/mol. The van der Waals surface area contributed by atoms with Crippen molar-refractivity contribution in [1.82, 2.24) is 4.98 Å². The number of ether oxygens (including phenoxy) is 1. The number of carbonyl (C=O) groups is 2. The number of aromatic nitrogens is 1. The van der Waals surface area contributed by atoms with Crippen molar-refractivity contribution in [2.75, 3.05) is 6.61 Å². The lowest BCUT2D eigenvalue weighted by Gasteiger charge is -2.30. The molecule has 1 aliphatic rings. The van der Waals surface area contributed by atoms with Crippen LogP contribution in [0.15, 0.2) is 65.1 Å². The first-order chi connectivity index (χ1) is 14.3. The van der Waals surface area contributed by atoms with Crippen molar-refractivity contribution >= 4 is 23.3 Å². The van der Waals surface area contributed by atoms with Crippen LogP contribution >= 0.6 is 0 Å². The predicted octanol–water partition coefficient (Wildman–Crippen LogP) is 2.67. The van der Waals surface area contributed by atoms with E-state index in [4.69, 9.17) is 4.74 Å². The second kappa shape index (κ2) is 8.52. The van der Waals surface area contributed by atoms with Gasteiger partial charge in [-0.2, -0.15) is 0 Å². The number of pyridine rings is 1. The standard InChI is InChI=1S/C20H17N3O7/c1-11-16(19(24)25)17(12-4-2-5-13(8-12)23(28)29)18(20(26)27)15(22-11)10-30-14-6-3-7-21-9-14/h2-9,16-17H,10H2,1H3,(H,24,25)(H,26,27). The van der Waals surface area contributed by atoms with Crippen LogP contribution in [0.5, 0.6) is 5.75 Å². The number of carboxylic acid groups (broad SMARTS) is 2. The molecule has 154 valence electrons. The van der Waals surface area contributed by atoms with Gasteiger partial charge in [0.1, 0.15) is 18.3 Å². The van der Waals surface area contributed by atoms with Crippen LogP contribution in [-0.2, 0) is 9.59 Å². The van der Waals surface area contributed by atoms with Gasteiger partial charge in [0.25, 0.3) is 5.69 Å². The molecule has 2 aromatic rings. The highest BCUT2D eigenvalue weighted by atomic mass is 16.6. The second-order valence-corrected chi connectivity index (χ2v) is 6.54. The molecular formula is C20H17N3O7. The molecule has 0 spiro atoms. The predicted molar refractivity (Wildman–Crippen MR) is 104 cm³/mol. The van der Waals surface area contributed by atoms with E-state index in [1.807, 2.05) is 0 Å². The molecule has 0 aliphatic carbocycles. The Labute approximate surface area is 170 Å². The van der Waals surface area contributed by atoms with E-state index in [2.05, 4.69) is 9.98 Å². The number of nitro groups is 1. The number of non-ortho nitro benzene ring substituents is 1. The molecule has 2 unspecified atom stereocenters. The summed E-state index contributed by atoms with van der Waals surface area (Å²) in [7, 11) is 0. The van der Waals surface area contributed by atoms with E-state index in [0.717, 1.165) is 0 Å². The summed E-state index contributed by atoms with van der Waals surface area (Å²) in [5.74, 6) is -4.74. The summed E-state index contributed by atoms with van der Waals surface area (Å²) >= 11 is 0. The fourth-order valence-corrected chi connectivity index (χ4v) is 3.39. The molecule has 3 rings (SSSR count). The topological polar surface area (TPSA) is 152 Å². The highest BCUT2D eigenvalue weighted by Gasteiger charge is 2.42. The average Bonchev–Trinajstić information content (AvgIpc) is 2.71. The molecule has 0 bridgehead atoms. The number of aliphatic imine (C=N–C) groups is 1. The Morgan fingerprint density at radius 3 is 2.60 bits per heavy atom. The molecule has 0 radical (unpaired) electrons. The van der Waals surface area contributed by atoms with Crippen molar-refractivity contribution in [1.29, 1.82) is 0 Å². The van der Waals surface area contributed by atoms with E-state index >= 15 is 0 Å².